The van der Waals surface area contributed by atoms with Crippen molar-refractivity contribution in [3.63, 3.8) is 0 Å². The van der Waals surface area contributed by atoms with Crippen molar-refractivity contribution in [1.82, 2.24) is 4.98 Å². The Morgan fingerprint density at radius 1 is 1.50 bits per heavy atom. The summed E-state index contributed by atoms with van der Waals surface area (Å²) in [5.74, 6) is 1.03. The molecule has 0 spiro atoms. The number of aryl methyl sites for hydroxylation is 2. The number of pyridine rings is 1. The molecule has 0 fully saturated rings. The molecule has 0 saturated carbocycles. The van der Waals surface area contributed by atoms with E-state index in [1.165, 1.54) is 5.56 Å². The highest BCUT2D eigenvalue weighted by atomic mass is 16.5. The predicted octanol–water partition coefficient (Wildman–Crippen LogP) is 2.62. The largest absolute Gasteiger partial charge is 0.490 e. The van der Waals surface area contributed by atoms with Crippen LogP contribution in [-0.4, -0.2) is 11.6 Å². The zero-order valence-electron chi connectivity index (χ0n) is 9.35. The number of ether oxygens (including phenoxy) is 1. The SMILES string of the molecule is CCc1nc(C)cc2c1OCC2(C)C. The molecule has 1 aromatic rings. The smallest absolute Gasteiger partial charge is 0.144 e. The summed E-state index contributed by atoms with van der Waals surface area (Å²) in [6.45, 7) is 9.39. The zero-order valence-corrected chi connectivity index (χ0v) is 9.35. The molecule has 0 aliphatic carbocycles. The molecule has 0 aromatic carbocycles. The molecule has 2 heterocycles. The van der Waals surface area contributed by atoms with E-state index in [9.17, 15) is 0 Å². The van der Waals surface area contributed by atoms with Crippen molar-refractivity contribution in [3.8, 4) is 5.75 Å². The minimum Gasteiger partial charge on any atom is -0.490 e. The summed E-state index contributed by atoms with van der Waals surface area (Å²) < 4.78 is 5.73. The van der Waals surface area contributed by atoms with Crippen LogP contribution in [0.4, 0.5) is 0 Å². The van der Waals surface area contributed by atoms with Gasteiger partial charge in [-0.1, -0.05) is 20.8 Å². The first-order valence-corrected chi connectivity index (χ1v) is 5.18. The maximum absolute atomic E-state index is 5.73. The topological polar surface area (TPSA) is 22.1 Å². The van der Waals surface area contributed by atoms with Gasteiger partial charge in [0.25, 0.3) is 0 Å². The Labute approximate surface area is 85.3 Å². The fourth-order valence-corrected chi connectivity index (χ4v) is 1.96. The van der Waals surface area contributed by atoms with Crippen molar-refractivity contribution in [2.45, 2.75) is 39.5 Å². The molecular formula is C12H17NO. The Morgan fingerprint density at radius 2 is 2.21 bits per heavy atom. The Kier molecular flexibility index (Phi) is 2.02. The molecule has 2 heteroatoms. The van der Waals surface area contributed by atoms with Gasteiger partial charge < -0.3 is 4.74 Å². The highest BCUT2D eigenvalue weighted by molar-refractivity contribution is 5.46. The van der Waals surface area contributed by atoms with Crippen LogP contribution in [0.5, 0.6) is 5.75 Å². The van der Waals surface area contributed by atoms with Gasteiger partial charge in [0.2, 0.25) is 0 Å². The third-order valence-electron chi connectivity index (χ3n) is 2.81. The molecule has 0 bridgehead atoms. The first kappa shape index (κ1) is 9.50. The van der Waals surface area contributed by atoms with Gasteiger partial charge in [-0.25, -0.2) is 0 Å². The Morgan fingerprint density at radius 3 is 2.86 bits per heavy atom. The summed E-state index contributed by atoms with van der Waals surface area (Å²) >= 11 is 0. The van der Waals surface area contributed by atoms with E-state index in [0.29, 0.717) is 0 Å². The van der Waals surface area contributed by atoms with E-state index in [-0.39, 0.29) is 5.41 Å². The molecule has 2 rings (SSSR count). The zero-order chi connectivity index (χ0) is 10.3. The maximum Gasteiger partial charge on any atom is 0.144 e. The van der Waals surface area contributed by atoms with Crippen LogP contribution in [0.3, 0.4) is 0 Å². The van der Waals surface area contributed by atoms with Crippen LogP contribution in [0.1, 0.15) is 37.7 Å². The molecule has 1 aliphatic heterocycles. The van der Waals surface area contributed by atoms with E-state index in [4.69, 9.17) is 4.74 Å². The van der Waals surface area contributed by atoms with E-state index in [1.54, 1.807) is 0 Å². The molecule has 76 valence electrons. The second-order valence-corrected chi connectivity index (χ2v) is 4.61. The predicted molar refractivity (Wildman–Crippen MR) is 56.9 cm³/mol. The third-order valence-corrected chi connectivity index (χ3v) is 2.81. The Balaban J connectivity index is 2.62. The summed E-state index contributed by atoms with van der Waals surface area (Å²) in [6, 6.07) is 2.15. The van der Waals surface area contributed by atoms with Crippen LogP contribution >= 0.6 is 0 Å². The molecule has 0 amide bonds. The van der Waals surface area contributed by atoms with Gasteiger partial charge in [-0.05, 0) is 19.4 Å². The molecule has 14 heavy (non-hydrogen) atoms. The molecule has 2 nitrogen and oxygen atoms in total. The summed E-state index contributed by atoms with van der Waals surface area (Å²) in [6.07, 6.45) is 0.945. The van der Waals surface area contributed by atoms with Crippen molar-refractivity contribution < 1.29 is 4.74 Å². The van der Waals surface area contributed by atoms with Gasteiger partial charge in [0.15, 0.2) is 0 Å². The molecule has 0 saturated heterocycles. The second kappa shape index (κ2) is 2.97. The van der Waals surface area contributed by atoms with Crippen molar-refractivity contribution in [1.29, 1.82) is 0 Å². The van der Waals surface area contributed by atoms with E-state index < -0.39 is 0 Å². The van der Waals surface area contributed by atoms with Crippen molar-refractivity contribution >= 4 is 0 Å². The summed E-state index contributed by atoms with van der Waals surface area (Å²) in [7, 11) is 0. The number of fused-ring (bicyclic) bond motifs is 1. The van der Waals surface area contributed by atoms with Crippen LogP contribution in [0.25, 0.3) is 0 Å². The molecule has 0 radical (unpaired) electrons. The highest BCUT2D eigenvalue weighted by Gasteiger charge is 2.33. The quantitative estimate of drug-likeness (QED) is 0.680. The van der Waals surface area contributed by atoms with E-state index >= 15 is 0 Å². The van der Waals surface area contributed by atoms with Gasteiger partial charge in [-0.2, -0.15) is 0 Å². The summed E-state index contributed by atoms with van der Waals surface area (Å²) in [5.41, 5.74) is 3.67. The lowest BCUT2D eigenvalue weighted by Gasteiger charge is -2.15. The normalized spacial score (nSPS) is 17.7. The minimum absolute atomic E-state index is 0.146. The Hall–Kier alpha value is -1.05. The molecule has 0 unspecified atom stereocenters. The molecule has 1 aromatic heterocycles. The summed E-state index contributed by atoms with van der Waals surface area (Å²) in [4.78, 5) is 4.50. The van der Waals surface area contributed by atoms with Gasteiger partial charge in [-0.15, -0.1) is 0 Å². The summed E-state index contributed by atoms with van der Waals surface area (Å²) in [5, 5.41) is 0. The molecule has 0 atom stereocenters. The van der Waals surface area contributed by atoms with E-state index in [1.807, 2.05) is 6.92 Å². The number of hydrogen-bond donors (Lipinski definition) is 0. The lowest BCUT2D eigenvalue weighted by atomic mass is 9.86. The van der Waals surface area contributed by atoms with Crippen LogP contribution in [-0.2, 0) is 11.8 Å². The van der Waals surface area contributed by atoms with Crippen LogP contribution in [0.2, 0.25) is 0 Å². The van der Waals surface area contributed by atoms with Gasteiger partial charge in [-0.3, -0.25) is 4.98 Å². The van der Waals surface area contributed by atoms with Crippen LogP contribution in [0.15, 0.2) is 6.07 Å². The third kappa shape index (κ3) is 1.29. The van der Waals surface area contributed by atoms with E-state index in [2.05, 4.69) is 31.8 Å². The lowest BCUT2D eigenvalue weighted by molar-refractivity contribution is 0.288. The molecule has 1 aliphatic rings. The van der Waals surface area contributed by atoms with Gasteiger partial charge >= 0.3 is 0 Å². The number of hydrogen-bond acceptors (Lipinski definition) is 2. The highest BCUT2D eigenvalue weighted by Crippen LogP contribution is 2.40. The first-order valence-electron chi connectivity index (χ1n) is 5.18. The second-order valence-electron chi connectivity index (χ2n) is 4.61. The molecular weight excluding hydrogens is 174 g/mol. The monoisotopic (exact) mass is 191 g/mol. The van der Waals surface area contributed by atoms with Crippen LogP contribution < -0.4 is 4.74 Å². The lowest BCUT2D eigenvalue weighted by Crippen LogP contribution is -2.18. The fraction of sp³-hybridized carbons (Fsp3) is 0.583. The number of nitrogens with zero attached hydrogens (tertiary/aromatic N) is 1. The minimum atomic E-state index is 0.146. The number of aromatic nitrogens is 1. The first-order chi connectivity index (χ1) is 6.54. The van der Waals surface area contributed by atoms with Crippen LogP contribution in [0, 0.1) is 6.92 Å². The molecule has 0 N–H and O–H groups in total. The van der Waals surface area contributed by atoms with Crippen molar-refractivity contribution in [2.75, 3.05) is 6.61 Å². The Bertz CT molecular complexity index is 369. The van der Waals surface area contributed by atoms with Crippen molar-refractivity contribution in [3.05, 3.63) is 23.0 Å². The standard InChI is InChI=1S/C12H17NO/c1-5-10-11-9(6-8(2)13-10)12(3,4)7-14-11/h6H,5,7H2,1-4H3. The van der Waals surface area contributed by atoms with E-state index in [0.717, 1.165) is 30.2 Å². The van der Waals surface area contributed by atoms with Crippen molar-refractivity contribution in [2.24, 2.45) is 0 Å². The van der Waals surface area contributed by atoms with Gasteiger partial charge in [0.1, 0.15) is 5.75 Å². The fourth-order valence-electron chi connectivity index (χ4n) is 1.96. The average molecular weight is 191 g/mol. The van der Waals surface area contributed by atoms with Gasteiger partial charge in [0, 0.05) is 16.7 Å². The van der Waals surface area contributed by atoms with Gasteiger partial charge in [0.05, 0.1) is 12.3 Å². The average Bonchev–Trinajstić information content (AvgIpc) is 2.42. The maximum atomic E-state index is 5.73. The number of rotatable bonds is 1.